The van der Waals surface area contributed by atoms with E-state index in [0.29, 0.717) is 6.54 Å². The lowest BCUT2D eigenvalue weighted by Gasteiger charge is -2.37. The summed E-state index contributed by atoms with van der Waals surface area (Å²) in [4.78, 5) is 27.5. The highest BCUT2D eigenvalue weighted by Crippen LogP contribution is 2.14. The Balaban J connectivity index is 1.59. The van der Waals surface area contributed by atoms with Gasteiger partial charge in [0.1, 0.15) is 0 Å². The van der Waals surface area contributed by atoms with E-state index in [1.807, 2.05) is 30.3 Å². The first kappa shape index (κ1) is 19.7. The number of anilines is 1. The van der Waals surface area contributed by atoms with Crippen LogP contribution < -0.4 is 20.4 Å². The number of nitrogens with zero attached hydrogens (tertiary/aromatic N) is 1. The maximum absolute atomic E-state index is 12.0. The number of piperazine rings is 1. The molecule has 2 aromatic rings. The number of furan rings is 1. The van der Waals surface area contributed by atoms with Crippen molar-refractivity contribution in [2.24, 2.45) is 0 Å². The monoisotopic (exact) mass is 383 g/mol. The fourth-order valence-corrected chi connectivity index (χ4v) is 3.50. The molecule has 1 aliphatic rings. The zero-order chi connectivity index (χ0) is 19.8. The molecule has 0 radical (unpaired) electrons. The topological polar surface area (TPSA) is 79.0 Å². The molecule has 1 fully saturated rings. The minimum absolute atomic E-state index is 0.0379. The van der Waals surface area contributed by atoms with Gasteiger partial charge < -0.3 is 24.9 Å². The van der Waals surface area contributed by atoms with Crippen LogP contribution in [0.4, 0.5) is 5.69 Å². The molecule has 28 heavy (non-hydrogen) atoms. The van der Waals surface area contributed by atoms with Gasteiger partial charge in [0.05, 0.1) is 39.0 Å². The van der Waals surface area contributed by atoms with Crippen LogP contribution in [0.2, 0.25) is 0 Å². The van der Waals surface area contributed by atoms with E-state index in [-0.39, 0.29) is 12.6 Å². The summed E-state index contributed by atoms with van der Waals surface area (Å²) in [5.41, 5.74) is 1.23. The zero-order valence-electron chi connectivity index (χ0n) is 15.9. The Morgan fingerprint density at radius 1 is 1.11 bits per heavy atom. The second-order valence-corrected chi connectivity index (χ2v) is 6.76. The Kier molecular flexibility index (Phi) is 6.86. The Morgan fingerprint density at radius 3 is 2.46 bits per heavy atom. The molecule has 0 spiro atoms. The van der Waals surface area contributed by atoms with Crippen LogP contribution in [0.15, 0.2) is 65.8 Å². The number of amides is 2. The van der Waals surface area contributed by atoms with Gasteiger partial charge in [0.2, 0.25) is 0 Å². The Hall–Kier alpha value is -3.06. The minimum atomic E-state index is -0.651. The van der Waals surface area contributed by atoms with E-state index >= 15 is 0 Å². The summed E-state index contributed by atoms with van der Waals surface area (Å²) in [5, 5.41) is 5.23. The second kappa shape index (κ2) is 9.75. The minimum Gasteiger partial charge on any atom is -0.463 e. The molecule has 3 rings (SSSR count). The number of carbonyl (C=O) groups is 2. The van der Waals surface area contributed by atoms with Gasteiger partial charge in [-0.25, -0.2) is 0 Å². The molecule has 1 aromatic carbocycles. The molecule has 2 amide bonds. The molecule has 1 aliphatic heterocycles. The molecule has 0 saturated carbocycles. The Morgan fingerprint density at radius 2 is 1.82 bits per heavy atom. The van der Waals surface area contributed by atoms with Gasteiger partial charge in [-0.3, -0.25) is 9.59 Å². The van der Waals surface area contributed by atoms with Crippen molar-refractivity contribution in [3.8, 4) is 0 Å². The van der Waals surface area contributed by atoms with E-state index in [9.17, 15) is 9.59 Å². The molecule has 2 heterocycles. The second-order valence-electron chi connectivity index (χ2n) is 6.76. The molecular formula is C21H27N4O3+. The predicted molar refractivity (Wildman–Crippen MR) is 107 cm³/mol. The highest BCUT2D eigenvalue weighted by molar-refractivity contribution is 6.35. The standard InChI is InChI=1S/C21H26N4O3/c1-2-10-22-20(26)21(27)23-16-18(19-9-6-15-28-19)25-13-11-24(12-14-25)17-7-4-3-5-8-17/h2-9,15,18H,1,10-14,16H2,(H,22,26)(H,23,27)/p+1/t18-/m1/s1. The number of quaternary nitrogens is 1. The maximum atomic E-state index is 12.0. The number of nitrogens with one attached hydrogen (secondary N) is 3. The summed E-state index contributed by atoms with van der Waals surface area (Å²) >= 11 is 0. The van der Waals surface area contributed by atoms with Gasteiger partial charge in [0, 0.05) is 12.2 Å². The van der Waals surface area contributed by atoms with Crippen molar-refractivity contribution in [1.29, 1.82) is 0 Å². The highest BCUT2D eigenvalue weighted by atomic mass is 16.3. The molecule has 0 unspecified atom stereocenters. The highest BCUT2D eigenvalue weighted by Gasteiger charge is 2.31. The van der Waals surface area contributed by atoms with Gasteiger partial charge in [-0.1, -0.05) is 24.3 Å². The smallest absolute Gasteiger partial charge is 0.309 e. The summed E-state index contributed by atoms with van der Waals surface area (Å²) in [6, 6.07) is 14.1. The molecule has 0 aliphatic carbocycles. The average molecular weight is 383 g/mol. The lowest BCUT2D eigenvalue weighted by Crippen LogP contribution is -3.15. The van der Waals surface area contributed by atoms with Gasteiger partial charge >= 0.3 is 11.8 Å². The number of hydrogen-bond donors (Lipinski definition) is 3. The van der Waals surface area contributed by atoms with Crippen molar-refractivity contribution in [2.75, 3.05) is 44.2 Å². The summed E-state index contributed by atoms with van der Waals surface area (Å²) in [7, 11) is 0. The maximum Gasteiger partial charge on any atom is 0.309 e. The van der Waals surface area contributed by atoms with E-state index in [1.54, 1.807) is 6.26 Å². The normalized spacial score (nSPS) is 15.6. The fourth-order valence-electron chi connectivity index (χ4n) is 3.50. The predicted octanol–water partition coefficient (Wildman–Crippen LogP) is 0.144. The van der Waals surface area contributed by atoms with Crippen LogP contribution in [0.5, 0.6) is 0 Å². The number of hydrogen-bond acceptors (Lipinski definition) is 4. The van der Waals surface area contributed by atoms with E-state index in [4.69, 9.17) is 4.42 Å². The van der Waals surface area contributed by atoms with E-state index in [0.717, 1.165) is 31.9 Å². The molecule has 3 N–H and O–H groups in total. The molecule has 7 heteroatoms. The van der Waals surface area contributed by atoms with Crippen LogP contribution >= 0.6 is 0 Å². The quantitative estimate of drug-likeness (QED) is 0.470. The van der Waals surface area contributed by atoms with Crippen molar-refractivity contribution < 1.29 is 18.9 Å². The van der Waals surface area contributed by atoms with Gasteiger partial charge in [-0.2, -0.15) is 0 Å². The largest absolute Gasteiger partial charge is 0.463 e. The van der Waals surface area contributed by atoms with Crippen LogP contribution in [0.3, 0.4) is 0 Å². The Labute approximate surface area is 165 Å². The molecule has 148 valence electrons. The van der Waals surface area contributed by atoms with E-state index in [1.165, 1.54) is 16.7 Å². The fraction of sp³-hybridized carbons (Fsp3) is 0.333. The van der Waals surface area contributed by atoms with E-state index in [2.05, 4.69) is 34.2 Å². The first-order valence-electron chi connectivity index (χ1n) is 9.54. The summed E-state index contributed by atoms with van der Waals surface area (Å²) in [6.07, 6.45) is 3.17. The van der Waals surface area contributed by atoms with Crippen LogP contribution in [0.25, 0.3) is 0 Å². The number of benzene rings is 1. The van der Waals surface area contributed by atoms with Crippen molar-refractivity contribution in [3.05, 3.63) is 67.1 Å². The molecule has 0 bridgehead atoms. The summed E-state index contributed by atoms with van der Waals surface area (Å²) in [6.45, 7) is 7.80. The first-order valence-corrected chi connectivity index (χ1v) is 9.54. The van der Waals surface area contributed by atoms with Gasteiger partial charge in [0.25, 0.3) is 0 Å². The van der Waals surface area contributed by atoms with Gasteiger partial charge in [0.15, 0.2) is 11.8 Å². The van der Waals surface area contributed by atoms with Crippen LogP contribution in [0, 0.1) is 0 Å². The third-order valence-corrected chi connectivity index (χ3v) is 4.99. The third-order valence-electron chi connectivity index (χ3n) is 4.99. The SMILES string of the molecule is C=CCNC(=O)C(=O)NC[C@H](c1ccco1)[NH+]1CCN(c2ccccc2)CC1. The van der Waals surface area contributed by atoms with Crippen LogP contribution in [-0.2, 0) is 9.59 Å². The van der Waals surface area contributed by atoms with Gasteiger partial charge in [-0.15, -0.1) is 6.58 Å². The molecule has 7 nitrogen and oxygen atoms in total. The molecule has 1 saturated heterocycles. The average Bonchev–Trinajstić information content (AvgIpc) is 3.27. The van der Waals surface area contributed by atoms with Crippen LogP contribution in [-0.4, -0.2) is 51.1 Å². The first-order chi connectivity index (χ1) is 13.7. The number of rotatable bonds is 7. The van der Waals surface area contributed by atoms with Crippen molar-refractivity contribution in [2.45, 2.75) is 6.04 Å². The lowest BCUT2D eigenvalue weighted by molar-refractivity contribution is -0.932. The van der Waals surface area contributed by atoms with E-state index < -0.39 is 11.8 Å². The molecular weight excluding hydrogens is 356 g/mol. The van der Waals surface area contributed by atoms with Gasteiger partial charge in [-0.05, 0) is 24.3 Å². The number of carbonyl (C=O) groups excluding carboxylic acids is 2. The summed E-state index contributed by atoms with van der Waals surface area (Å²) < 4.78 is 5.62. The van der Waals surface area contributed by atoms with Crippen LogP contribution in [0.1, 0.15) is 11.8 Å². The summed E-state index contributed by atoms with van der Waals surface area (Å²) in [5.74, 6) is -0.474. The molecule has 1 atom stereocenters. The zero-order valence-corrected chi connectivity index (χ0v) is 15.9. The Bertz CT molecular complexity index is 768. The molecule has 1 aromatic heterocycles. The lowest BCUT2D eigenvalue weighted by atomic mass is 10.1. The third kappa shape index (κ3) is 5.01. The van der Waals surface area contributed by atoms with Crippen molar-refractivity contribution in [3.63, 3.8) is 0 Å². The number of para-hydroxylation sites is 1. The van der Waals surface area contributed by atoms with Crippen molar-refractivity contribution >= 4 is 17.5 Å². The van der Waals surface area contributed by atoms with Crippen molar-refractivity contribution in [1.82, 2.24) is 10.6 Å².